The second-order valence-electron chi connectivity index (χ2n) is 10.6. The van der Waals surface area contributed by atoms with Gasteiger partial charge in [0.15, 0.2) is 0 Å². The summed E-state index contributed by atoms with van der Waals surface area (Å²) < 4.78 is 81.2. The van der Waals surface area contributed by atoms with Gasteiger partial charge in [-0.15, -0.1) is 0 Å². The summed E-state index contributed by atoms with van der Waals surface area (Å²) >= 11 is 0. The Morgan fingerprint density at radius 3 is 2.39 bits per heavy atom. The topological polar surface area (TPSA) is 110 Å². The van der Waals surface area contributed by atoms with Crippen LogP contribution in [0.3, 0.4) is 0 Å². The van der Waals surface area contributed by atoms with Gasteiger partial charge in [-0.2, -0.15) is 30.2 Å². The molecule has 1 unspecified atom stereocenters. The minimum absolute atomic E-state index is 0.0173. The number of amides is 2. The van der Waals surface area contributed by atoms with Crippen LogP contribution in [0.5, 0.6) is 0 Å². The lowest BCUT2D eigenvalue weighted by Crippen LogP contribution is -2.65. The van der Waals surface area contributed by atoms with Crippen LogP contribution < -0.4 is 5.32 Å². The number of hydrogen-bond acceptors (Lipinski definition) is 5. The van der Waals surface area contributed by atoms with Crippen molar-refractivity contribution in [3.8, 4) is 0 Å². The Balaban J connectivity index is 1.40. The highest BCUT2D eigenvalue weighted by Crippen LogP contribution is 2.32. The second kappa shape index (κ2) is 10.4. The van der Waals surface area contributed by atoms with Gasteiger partial charge in [0.1, 0.15) is 11.9 Å². The molecular formula is C24H32F4N4O5S. The fourth-order valence-corrected chi connectivity index (χ4v) is 7.31. The summed E-state index contributed by atoms with van der Waals surface area (Å²) in [5.41, 5.74) is -2.32. The SMILES string of the molecule is CC(NC(=O)[C@H]1CCCN1C(=O)[C@H]1CCCN(S(=O)(=O)N2CC(C)(O)C2)C1)c1ccc(C(F)(F)F)cc1F. The molecule has 3 atom stereocenters. The molecule has 1 aromatic carbocycles. The van der Waals surface area contributed by atoms with Crippen LogP contribution in [0.4, 0.5) is 17.6 Å². The number of hydrogen-bond donors (Lipinski definition) is 2. The van der Waals surface area contributed by atoms with Gasteiger partial charge >= 0.3 is 6.18 Å². The Kier molecular flexibility index (Phi) is 7.83. The Labute approximate surface area is 218 Å². The van der Waals surface area contributed by atoms with Gasteiger partial charge < -0.3 is 15.3 Å². The van der Waals surface area contributed by atoms with Gasteiger partial charge in [-0.25, -0.2) is 4.39 Å². The Morgan fingerprint density at radius 2 is 1.79 bits per heavy atom. The van der Waals surface area contributed by atoms with Gasteiger partial charge in [-0.3, -0.25) is 9.59 Å². The molecule has 0 aliphatic carbocycles. The zero-order valence-electron chi connectivity index (χ0n) is 21.2. The predicted octanol–water partition coefficient (Wildman–Crippen LogP) is 2.04. The van der Waals surface area contributed by atoms with E-state index >= 15 is 0 Å². The van der Waals surface area contributed by atoms with Crippen molar-refractivity contribution in [2.24, 2.45) is 5.92 Å². The fourth-order valence-electron chi connectivity index (χ4n) is 5.37. The fraction of sp³-hybridized carbons (Fsp3) is 0.667. The van der Waals surface area contributed by atoms with Crippen LogP contribution in [0, 0.1) is 11.7 Å². The number of β-amino-alcohol motifs (C(OH)–C–C–N with tert-alkyl or cyclic N) is 1. The summed E-state index contributed by atoms with van der Waals surface area (Å²) in [7, 11) is -3.83. The molecule has 0 bridgehead atoms. The molecule has 2 N–H and O–H groups in total. The number of likely N-dealkylation sites (tertiary alicyclic amines) is 1. The van der Waals surface area contributed by atoms with Gasteiger partial charge in [0, 0.05) is 38.3 Å². The summed E-state index contributed by atoms with van der Waals surface area (Å²) in [6.45, 7) is 3.49. The minimum atomic E-state index is -4.70. The quantitative estimate of drug-likeness (QED) is 0.514. The van der Waals surface area contributed by atoms with Crippen molar-refractivity contribution in [2.75, 3.05) is 32.7 Å². The molecule has 3 aliphatic heterocycles. The molecule has 0 radical (unpaired) electrons. The van der Waals surface area contributed by atoms with Crippen molar-refractivity contribution < 1.29 is 40.7 Å². The van der Waals surface area contributed by atoms with Crippen LogP contribution in [0.25, 0.3) is 0 Å². The van der Waals surface area contributed by atoms with Gasteiger partial charge in [0.05, 0.1) is 23.1 Å². The largest absolute Gasteiger partial charge is 0.416 e. The first-order chi connectivity index (χ1) is 17.6. The smallest absolute Gasteiger partial charge is 0.387 e. The van der Waals surface area contributed by atoms with Gasteiger partial charge in [-0.1, -0.05) is 6.07 Å². The zero-order valence-corrected chi connectivity index (χ0v) is 22.0. The van der Waals surface area contributed by atoms with Crippen LogP contribution in [-0.2, 0) is 26.0 Å². The van der Waals surface area contributed by atoms with Crippen LogP contribution in [0.1, 0.15) is 56.7 Å². The summed E-state index contributed by atoms with van der Waals surface area (Å²) in [5, 5.41) is 12.5. The predicted molar refractivity (Wildman–Crippen MR) is 128 cm³/mol. The maximum absolute atomic E-state index is 14.4. The molecule has 3 heterocycles. The van der Waals surface area contributed by atoms with Crippen LogP contribution in [-0.4, -0.2) is 83.2 Å². The molecule has 0 saturated carbocycles. The van der Waals surface area contributed by atoms with E-state index in [1.165, 1.54) is 20.4 Å². The average molecular weight is 565 g/mol. The molecule has 0 spiro atoms. The summed E-state index contributed by atoms with van der Waals surface area (Å²) in [6, 6.07) is 0.325. The number of carbonyl (C=O) groups excluding carboxylic acids is 2. The number of halogens is 4. The molecular weight excluding hydrogens is 532 g/mol. The van der Waals surface area contributed by atoms with Gasteiger partial charge in [0.2, 0.25) is 11.8 Å². The lowest BCUT2D eigenvalue weighted by Gasteiger charge is -2.46. The number of carbonyl (C=O) groups is 2. The highest BCUT2D eigenvalue weighted by Gasteiger charge is 2.47. The zero-order chi connectivity index (χ0) is 28.0. The van der Waals surface area contributed by atoms with E-state index < -0.39 is 57.3 Å². The maximum atomic E-state index is 14.4. The number of alkyl halides is 3. The first-order valence-corrected chi connectivity index (χ1v) is 13.9. The molecule has 14 heteroatoms. The molecule has 3 fully saturated rings. The van der Waals surface area contributed by atoms with E-state index in [9.17, 15) is 40.7 Å². The summed E-state index contributed by atoms with van der Waals surface area (Å²) in [6.07, 6.45) is -2.86. The standard InChI is InChI=1S/C24H32F4N4O5S/c1-15(18-8-7-17(11-19(18)25)24(26,27)28)29-21(33)20-6-4-10-32(20)22(34)16-5-3-9-30(12-16)38(36,37)31-13-23(2,35)14-31/h7-8,11,15-16,20,35H,3-6,9-10,12-14H2,1-2H3,(H,29,33)/t15?,16-,20+/m0/s1. The van der Waals surface area contributed by atoms with Crippen molar-refractivity contribution in [3.05, 3.63) is 35.1 Å². The Hall–Kier alpha value is -2.29. The molecule has 1 aromatic rings. The molecule has 2 amide bonds. The minimum Gasteiger partial charge on any atom is -0.387 e. The number of benzene rings is 1. The van der Waals surface area contributed by atoms with E-state index in [2.05, 4.69) is 5.32 Å². The third-order valence-corrected chi connectivity index (χ3v) is 9.31. The number of nitrogens with zero attached hydrogens (tertiary/aromatic N) is 3. The van der Waals surface area contributed by atoms with Gasteiger partial charge in [0.25, 0.3) is 10.2 Å². The summed E-state index contributed by atoms with van der Waals surface area (Å²) in [4.78, 5) is 27.8. The van der Waals surface area contributed by atoms with E-state index in [1.807, 2.05) is 0 Å². The Morgan fingerprint density at radius 1 is 1.13 bits per heavy atom. The van der Waals surface area contributed by atoms with E-state index in [1.54, 1.807) is 6.92 Å². The van der Waals surface area contributed by atoms with E-state index in [-0.39, 0.29) is 37.6 Å². The highest BCUT2D eigenvalue weighted by atomic mass is 32.2. The van der Waals surface area contributed by atoms with Crippen LogP contribution in [0.2, 0.25) is 0 Å². The highest BCUT2D eigenvalue weighted by molar-refractivity contribution is 7.86. The second-order valence-corrected chi connectivity index (χ2v) is 12.6. The molecule has 9 nitrogen and oxygen atoms in total. The number of piperidine rings is 1. The normalized spacial score (nSPS) is 25.6. The average Bonchev–Trinajstić information content (AvgIpc) is 3.31. The first kappa shape index (κ1) is 28.7. The lowest BCUT2D eigenvalue weighted by molar-refractivity contribution is -0.142. The molecule has 0 aromatic heterocycles. The third kappa shape index (κ3) is 5.82. The Bertz CT molecular complexity index is 1180. The monoisotopic (exact) mass is 564 g/mol. The van der Waals surface area contributed by atoms with Crippen molar-refractivity contribution in [3.63, 3.8) is 0 Å². The number of rotatable bonds is 6. The van der Waals surface area contributed by atoms with E-state index in [0.29, 0.717) is 38.3 Å². The third-order valence-electron chi connectivity index (χ3n) is 7.41. The number of nitrogens with one attached hydrogen (secondary N) is 1. The van der Waals surface area contributed by atoms with Crippen molar-refractivity contribution in [2.45, 2.75) is 63.4 Å². The number of aliphatic hydroxyl groups is 1. The molecule has 212 valence electrons. The van der Waals surface area contributed by atoms with Crippen molar-refractivity contribution >= 4 is 22.0 Å². The molecule has 38 heavy (non-hydrogen) atoms. The molecule has 3 saturated heterocycles. The van der Waals surface area contributed by atoms with Crippen molar-refractivity contribution in [1.29, 1.82) is 0 Å². The molecule has 3 aliphatic rings. The van der Waals surface area contributed by atoms with Crippen molar-refractivity contribution in [1.82, 2.24) is 18.8 Å². The van der Waals surface area contributed by atoms with Crippen LogP contribution in [0.15, 0.2) is 18.2 Å². The first-order valence-electron chi connectivity index (χ1n) is 12.6. The van der Waals surface area contributed by atoms with Gasteiger partial charge in [-0.05, 0) is 51.7 Å². The van der Waals surface area contributed by atoms with E-state index in [0.717, 1.165) is 12.1 Å². The maximum Gasteiger partial charge on any atom is 0.416 e. The lowest BCUT2D eigenvalue weighted by atomic mass is 9.97. The van der Waals surface area contributed by atoms with Crippen LogP contribution >= 0.6 is 0 Å². The van der Waals surface area contributed by atoms with E-state index in [4.69, 9.17) is 0 Å². The molecule has 4 rings (SSSR count). The summed E-state index contributed by atoms with van der Waals surface area (Å²) in [5.74, 6) is -2.63.